The second-order valence-corrected chi connectivity index (χ2v) is 4.71. The van der Waals surface area contributed by atoms with Gasteiger partial charge in [-0.25, -0.2) is 4.39 Å². The van der Waals surface area contributed by atoms with Crippen LogP contribution in [-0.4, -0.2) is 12.7 Å². The molecule has 102 valence electrons. The second-order valence-electron chi connectivity index (χ2n) is 3.85. The van der Waals surface area contributed by atoms with Gasteiger partial charge in [-0.1, -0.05) is 0 Å². The summed E-state index contributed by atoms with van der Waals surface area (Å²) in [5.74, 6) is -0.470. The highest BCUT2D eigenvalue weighted by Crippen LogP contribution is 2.27. The van der Waals surface area contributed by atoms with Crippen LogP contribution in [0.25, 0.3) is 0 Å². The van der Waals surface area contributed by atoms with Crippen LogP contribution in [0.1, 0.15) is 19.3 Å². The number of nitrogens with one attached hydrogen (secondary N) is 1. The molecule has 7 heteroatoms. The minimum atomic E-state index is -4.12. The van der Waals surface area contributed by atoms with Crippen LogP contribution < -0.4 is 11.1 Å². The van der Waals surface area contributed by atoms with Crippen molar-refractivity contribution in [2.24, 2.45) is 0 Å². The maximum atomic E-state index is 13.2. The van der Waals surface area contributed by atoms with Crippen LogP contribution in [0.5, 0.6) is 0 Å². The largest absolute Gasteiger partial charge is 0.397 e. The molecule has 0 unspecified atom stereocenters. The third kappa shape index (κ3) is 5.12. The van der Waals surface area contributed by atoms with Gasteiger partial charge in [0.2, 0.25) is 0 Å². The highest BCUT2D eigenvalue weighted by molar-refractivity contribution is 9.10. The molecular formula is C11H13BrF4N2. The molecule has 3 N–H and O–H groups in total. The Kier molecular flexibility index (Phi) is 5.25. The average molecular weight is 329 g/mol. The topological polar surface area (TPSA) is 38.0 Å². The molecule has 0 aromatic heterocycles. The Hall–Kier alpha value is -0.980. The Morgan fingerprint density at radius 2 is 1.89 bits per heavy atom. The molecule has 0 saturated heterocycles. The number of anilines is 2. The molecule has 0 atom stereocenters. The number of nitrogens with two attached hydrogens (primary N) is 1. The van der Waals surface area contributed by atoms with Crippen molar-refractivity contribution in [2.45, 2.75) is 25.4 Å². The van der Waals surface area contributed by atoms with Crippen LogP contribution in [0.3, 0.4) is 0 Å². The van der Waals surface area contributed by atoms with Crippen LogP contribution in [0.15, 0.2) is 16.6 Å². The van der Waals surface area contributed by atoms with Crippen LogP contribution in [0, 0.1) is 5.82 Å². The zero-order valence-corrected chi connectivity index (χ0v) is 11.0. The van der Waals surface area contributed by atoms with Gasteiger partial charge in [0.15, 0.2) is 0 Å². The van der Waals surface area contributed by atoms with E-state index in [1.54, 1.807) is 0 Å². The summed E-state index contributed by atoms with van der Waals surface area (Å²) in [6, 6.07) is 2.62. The summed E-state index contributed by atoms with van der Waals surface area (Å²) in [4.78, 5) is 0. The fraction of sp³-hybridized carbons (Fsp3) is 0.455. The van der Waals surface area contributed by atoms with E-state index in [0.29, 0.717) is 24.3 Å². The molecule has 1 aromatic carbocycles. The Morgan fingerprint density at radius 1 is 1.22 bits per heavy atom. The summed E-state index contributed by atoms with van der Waals surface area (Å²) < 4.78 is 49.1. The predicted octanol–water partition coefficient (Wildman–Crippen LogP) is 4.31. The number of rotatable bonds is 5. The number of nitrogen functional groups attached to an aromatic ring is 1. The van der Waals surface area contributed by atoms with E-state index < -0.39 is 18.4 Å². The Bertz CT molecular complexity index is 407. The normalized spacial score (nSPS) is 11.6. The lowest BCUT2D eigenvalue weighted by molar-refractivity contribution is -0.135. The van der Waals surface area contributed by atoms with Gasteiger partial charge in [-0.2, -0.15) is 13.2 Å². The summed E-state index contributed by atoms with van der Waals surface area (Å²) in [6.07, 6.45) is -4.55. The van der Waals surface area contributed by atoms with Crippen molar-refractivity contribution in [3.8, 4) is 0 Å². The minimum Gasteiger partial charge on any atom is -0.397 e. The van der Waals surface area contributed by atoms with Crippen molar-refractivity contribution in [2.75, 3.05) is 17.6 Å². The molecule has 0 aliphatic carbocycles. The van der Waals surface area contributed by atoms with Crippen LogP contribution in [0.4, 0.5) is 28.9 Å². The molecule has 1 rings (SSSR count). The van der Waals surface area contributed by atoms with Gasteiger partial charge >= 0.3 is 6.18 Å². The minimum absolute atomic E-state index is 0.0371. The molecule has 1 aromatic rings. The first kappa shape index (κ1) is 15.1. The van der Waals surface area contributed by atoms with Crippen LogP contribution in [0.2, 0.25) is 0 Å². The molecule has 2 nitrogen and oxygen atoms in total. The Morgan fingerprint density at radius 3 is 2.50 bits per heavy atom. The van der Waals surface area contributed by atoms with Crippen molar-refractivity contribution >= 4 is 27.3 Å². The molecule has 0 bridgehead atoms. The zero-order chi connectivity index (χ0) is 13.8. The first-order chi connectivity index (χ1) is 8.29. The molecule has 0 spiro atoms. The van der Waals surface area contributed by atoms with Gasteiger partial charge in [0.25, 0.3) is 0 Å². The standard InChI is InChI=1S/C11H13BrF4N2/c12-7-5-9(17)10(6-8(7)13)18-4-2-1-3-11(14,15)16/h5-6,18H,1-4,17H2. The fourth-order valence-electron chi connectivity index (χ4n) is 1.39. The molecular weight excluding hydrogens is 316 g/mol. The first-order valence-corrected chi connectivity index (χ1v) is 6.14. The molecule has 18 heavy (non-hydrogen) atoms. The van der Waals surface area contributed by atoms with Gasteiger partial charge in [0, 0.05) is 19.0 Å². The number of unbranched alkanes of at least 4 members (excludes halogenated alkanes) is 1. The quantitative estimate of drug-likeness (QED) is 0.480. The van der Waals surface area contributed by atoms with E-state index in [1.165, 1.54) is 12.1 Å². The summed E-state index contributed by atoms with van der Waals surface area (Å²) in [7, 11) is 0. The lowest BCUT2D eigenvalue weighted by Crippen LogP contribution is -2.09. The number of hydrogen-bond donors (Lipinski definition) is 2. The maximum absolute atomic E-state index is 13.2. The van der Waals surface area contributed by atoms with Crippen LogP contribution >= 0.6 is 15.9 Å². The van der Waals surface area contributed by atoms with Gasteiger partial charge < -0.3 is 11.1 Å². The summed E-state index contributed by atoms with van der Waals surface area (Å²) in [5.41, 5.74) is 6.37. The maximum Gasteiger partial charge on any atom is 0.389 e. The molecule has 0 aliphatic rings. The van der Waals surface area contributed by atoms with E-state index in [2.05, 4.69) is 21.2 Å². The van der Waals surface area contributed by atoms with Crippen LogP contribution in [-0.2, 0) is 0 Å². The summed E-state index contributed by atoms with van der Waals surface area (Å²) in [5, 5.41) is 2.81. The van der Waals surface area contributed by atoms with E-state index in [1.807, 2.05) is 0 Å². The van der Waals surface area contributed by atoms with Crippen molar-refractivity contribution < 1.29 is 17.6 Å². The molecule has 0 amide bonds. The third-order valence-corrected chi connectivity index (χ3v) is 2.90. The highest BCUT2D eigenvalue weighted by atomic mass is 79.9. The smallest absolute Gasteiger partial charge is 0.389 e. The van der Waals surface area contributed by atoms with Crippen molar-refractivity contribution in [3.63, 3.8) is 0 Å². The molecule has 0 radical (unpaired) electrons. The van der Waals surface area contributed by atoms with E-state index in [9.17, 15) is 17.6 Å². The van der Waals surface area contributed by atoms with Gasteiger partial charge in [-0.05, 0) is 34.8 Å². The Balaban J connectivity index is 2.38. The highest BCUT2D eigenvalue weighted by Gasteiger charge is 2.25. The fourth-order valence-corrected chi connectivity index (χ4v) is 1.75. The molecule has 0 saturated carbocycles. The molecule has 0 fully saturated rings. The summed E-state index contributed by atoms with van der Waals surface area (Å²) >= 11 is 2.99. The number of benzene rings is 1. The lowest BCUT2D eigenvalue weighted by atomic mass is 10.2. The van der Waals surface area contributed by atoms with E-state index in [0.717, 1.165) is 0 Å². The zero-order valence-electron chi connectivity index (χ0n) is 9.45. The van der Waals surface area contributed by atoms with Crippen molar-refractivity contribution in [3.05, 3.63) is 22.4 Å². The average Bonchev–Trinajstić information content (AvgIpc) is 2.23. The van der Waals surface area contributed by atoms with Gasteiger partial charge in [-0.3, -0.25) is 0 Å². The van der Waals surface area contributed by atoms with Crippen molar-refractivity contribution in [1.29, 1.82) is 0 Å². The van der Waals surface area contributed by atoms with E-state index >= 15 is 0 Å². The van der Waals surface area contributed by atoms with Gasteiger partial charge in [0.05, 0.1) is 15.8 Å². The second kappa shape index (κ2) is 6.26. The predicted molar refractivity (Wildman–Crippen MR) is 66.9 cm³/mol. The number of alkyl halides is 3. The molecule has 0 heterocycles. The SMILES string of the molecule is Nc1cc(Br)c(F)cc1NCCCCC(F)(F)F. The summed E-state index contributed by atoms with van der Waals surface area (Å²) in [6.45, 7) is 0.321. The van der Waals surface area contributed by atoms with Crippen molar-refractivity contribution in [1.82, 2.24) is 0 Å². The van der Waals surface area contributed by atoms with Gasteiger partial charge in [0.1, 0.15) is 5.82 Å². The number of halogens is 5. The number of hydrogen-bond acceptors (Lipinski definition) is 2. The lowest BCUT2D eigenvalue weighted by Gasteiger charge is -2.11. The van der Waals surface area contributed by atoms with E-state index in [4.69, 9.17) is 5.73 Å². The molecule has 0 aliphatic heterocycles. The monoisotopic (exact) mass is 328 g/mol. The Labute approximate surface area is 111 Å². The van der Waals surface area contributed by atoms with Gasteiger partial charge in [-0.15, -0.1) is 0 Å². The third-order valence-electron chi connectivity index (χ3n) is 2.29. The first-order valence-electron chi connectivity index (χ1n) is 5.35. The van der Waals surface area contributed by atoms with E-state index in [-0.39, 0.29) is 10.9 Å².